The van der Waals surface area contributed by atoms with Gasteiger partial charge in [0.25, 0.3) is 0 Å². The molecule has 2 unspecified atom stereocenters. The van der Waals surface area contributed by atoms with E-state index in [0.717, 1.165) is 42.8 Å². The number of para-hydroxylation sites is 1. The monoisotopic (exact) mass is 290 g/mol. The van der Waals surface area contributed by atoms with Crippen LogP contribution in [0.2, 0.25) is 0 Å². The first kappa shape index (κ1) is 16.3. The molecule has 1 aromatic carbocycles. The van der Waals surface area contributed by atoms with Crippen molar-refractivity contribution in [3.63, 3.8) is 0 Å². The highest BCUT2D eigenvalue weighted by atomic mass is 16.5. The van der Waals surface area contributed by atoms with Crippen molar-refractivity contribution in [3.05, 3.63) is 29.8 Å². The Kier molecular flexibility index (Phi) is 6.52. The number of hydrogen-bond donors (Lipinski definition) is 1. The van der Waals surface area contributed by atoms with Crippen molar-refractivity contribution >= 4 is 0 Å². The van der Waals surface area contributed by atoms with Gasteiger partial charge in [0.1, 0.15) is 5.75 Å². The molecular weight excluding hydrogens is 260 g/mol. The molecule has 0 radical (unpaired) electrons. The van der Waals surface area contributed by atoms with Crippen LogP contribution in [0.25, 0.3) is 0 Å². The molecule has 1 aromatic rings. The summed E-state index contributed by atoms with van der Waals surface area (Å²) >= 11 is 0. The fraction of sp³-hybridized carbons (Fsp3) is 0.667. The van der Waals surface area contributed by atoms with Crippen molar-refractivity contribution in [2.45, 2.75) is 51.6 Å². The molecule has 3 heteroatoms. The van der Waals surface area contributed by atoms with Gasteiger partial charge in [-0.25, -0.2) is 0 Å². The number of nitrogens with zero attached hydrogens (tertiary/aromatic N) is 1. The molecule has 0 amide bonds. The Labute approximate surface area is 129 Å². The van der Waals surface area contributed by atoms with Crippen molar-refractivity contribution in [3.8, 4) is 5.75 Å². The van der Waals surface area contributed by atoms with E-state index in [1.807, 2.05) is 24.3 Å². The van der Waals surface area contributed by atoms with E-state index in [2.05, 4.69) is 18.9 Å². The maximum absolute atomic E-state index is 5.89. The average molecular weight is 290 g/mol. The van der Waals surface area contributed by atoms with E-state index >= 15 is 0 Å². The Morgan fingerprint density at radius 1 is 1.24 bits per heavy atom. The van der Waals surface area contributed by atoms with E-state index in [4.69, 9.17) is 10.5 Å². The van der Waals surface area contributed by atoms with Gasteiger partial charge in [0.05, 0.1) is 6.61 Å². The summed E-state index contributed by atoms with van der Waals surface area (Å²) in [6, 6.07) is 8.81. The lowest BCUT2D eigenvalue weighted by Crippen LogP contribution is -2.39. The zero-order valence-corrected chi connectivity index (χ0v) is 13.6. The molecule has 0 spiro atoms. The summed E-state index contributed by atoms with van der Waals surface area (Å²) in [5, 5.41) is 0. The Bertz CT molecular complexity index is 421. The number of ether oxygens (including phenoxy) is 1. The van der Waals surface area contributed by atoms with E-state index in [-0.39, 0.29) is 0 Å². The Morgan fingerprint density at radius 3 is 2.76 bits per heavy atom. The first-order valence-electron chi connectivity index (χ1n) is 8.33. The Hall–Kier alpha value is -1.06. The molecule has 0 heterocycles. The molecule has 0 aliphatic heterocycles. The van der Waals surface area contributed by atoms with Gasteiger partial charge in [0.15, 0.2) is 0 Å². The van der Waals surface area contributed by atoms with Gasteiger partial charge < -0.3 is 15.4 Å². The highest BCUT2D eigenvalue weighted by Crippen LogP contribution is 2.27. The zero-order valence-electron chi connectivity index (χ0n) is 13.6. The molecule has 1 aliphatic rings. The molecule has 0 bridgehead atoms. The van der Waals surface area contributed by atoms with Crippen LogP contribution in [0, 0.1) is 5.92 Å². The van der Waals surface area contributed by atoms with Crippen LogP contribution >= 0.6 is 0 Å². The summed E-state index contributed by atoms with van der Waals surface area (Å²) in [7, 11) is 2.26. The quantitative estimate of drug-likeness (QED) is 0.782. The fourth-order valence-electron chi connectivity index (χ4n) is 3.43. The second kappa shape index (κ2) is 8.40. The first-order valence-corrected chi connectivity index (χ1v) is 8.33. The van der Waals surface area contributed by atoms with Gasteiger partial charge in [0.2, 0.25) is 0 Å². The standard InChI is InChI=1S/C18H30N2O/c1-15-8-3-5-10-17(15)20(2)12-7-13-21-18-11-6-4-9-16(18)14-19/h4,6,9,11,15,17H,3,5,7-8,10,12-14,19H2,1-2H3. The van der Waals surface area contributed by atoms with Gasteiger partial charge in [-0.15, -0.1) is 0 Å². The average Bonchev–Trinajstić information content (AvgIpc) is 2.52. The van der Waals surface area contributed by atoms with Gasteiger partial charge in [-0.1, -0.05) is 38.0 Å². The molecule has 2 N–H and O–H groups in total. The van der Waals surface area contributed by atoms with Gasteiger partial charge in [-0.3, -0.25) is 0 Å². The summed E-state index contributed by atoms with van der Waals surface area (Å²) < 4.78 is 5.89. The van der Waals surface area contributed by atoms with Crippen LogP contribution in [0.4, 0.5) is 0 Å². The zero-order chi connectivity index (χ0) is 15.1. The lowest BCUT2D eigenvalue weighted by Gasteiger charge is -2.36. The van der Waals surface area contributed by atoms with E-state index in [9.17, 15) is 0 Å². The lowest BCUT2D eigenvalue weighted by atomic mass is 9.85. The van der Waals surface area contributed by atoms with Crippen molar-refractivity contribution in [2.75, 3.05) is 20.2 Å². The molecule has 3 nitrogen and oxygen atoms in total. The summed E-state index contributed by atoms with van der Waals surface area (Å²) in [4.78, 5) is 2.53. The molecule has 118 valence electrons. The van der Waals surface area contributed by atoms with Crippen LogP contribution in [0.15, 0.2) is 24.3 Å². The normalized spacial score (nSPS) is 22.5. The van der Waals surface area contributed by atoms with Crippen molar-refractivity contribution in [1.82, 2.24) is 4.90 Å². The third-order valence-electron chi connectivity index (χ3n) is 4.74. The van der Waals surface area contributed by atoms with Gasteiger partial charge >= 0.3 is 0 Å². The third-order valence-corrected chi connectivity index (χ3v) is 4.74. The molecule has 0 aromatic heterocycles. The van der Waals surface area contributed by atoms with Crippen LogP contribution in [0.3, 0.4) is 0 Å². The maximum Gasteiger partial charge on any atom is 0.123 e. The van der Waals surface area contributed by atoms with Crippen molar-refractivity contribution in [2.24, 2.45) is 11.7 Å². The van der Waals surface area contributed by atoms with E-state index in [0.29, 0.717) is 6.54 Å². The van der Waals surface area contributed by atoms with Crippen LogP contribution in [-0.4, -0.2) is 31.1 Å². The van der Waals surface area contributed by atoms with Crippen LogP contribution in [-0.2, 0) is 6.54 Å². The highest BCUT2D eigenvalue weighted by Gasteiger charge is 2.24. The number of rotatable bonds is 7. The first-order chi connectivity index (χ1) is 10.2. The second-order valence-electron chi connectivity index (χ2n) is 6.32. The minimum Gasteiger partial charge on any atom is -0.493 e. The molecule has 0 saturated heterocycles. The molecule has 21 heavy (non-hydrogen) atoms. The minimum absolute atomic E-state index is 0.537. The molecule has 1 aliphatic carbocycles. The predicted octanol–water partition coefficient (Wildman–Crippen LogP) is 3.42. The SMILES string of the molecule is CC1CCCCC1N(C)CCCOc1ccccc1CN. The largest absolute Gasteiger partial charge is 0.493 e. The van der Waals surface area contributed by atoms with E-state index in [1.54, 1.807) is 0 Å². The highest BCUT2D eigenvalue weighted by molar-refractivity contribution is 5.32. The lowest BCUT2D eigenvalue weighted by molar-refractivity contribution is 0.131. The predicted molar refractivity (Wildman–Crippen MR) is 88.5 cm³/mol. The van der Waals surface area contributed by atoms with Gasteiger partial charge in [-0.05, 0) is 38.3 Å². The molecule has 1 saturated carbocycles. The summed E-state index contributed by atoms with van der Waals surface area (Å²) in [6.07, 6.45) is 6.60. The van der Waals surface area contributed by atoms with Crippen LogP contribution in [0.1, 0.15) is 44.6 Å². The van der Waals surface area contributed by atoms with Crippen molar-refractivity contribution < 1.29 is 4.74 Å². The number of nitrogens with two attached hydrogens (primary N) is 1. The summed E-state index contributed by atoms with van der Waals surface area (Å²) in [6.45, 7) is 4.81. The van der Waals surface area contributed by atoms with Gasteiger partial charge in [-0.2, -0.15) is 0 Å². The van der Waals surface area contributed by atoms with E-state index in [1.165, 1.54) is 25.7 Å². The van der Waals surface area contributed by atoms with Crippen LogP contribution in [0.5, 0.6) is 5.75 Å². The molecular formula is C18H30N2O. The topological polar surface area (TPSA) is 38.5 Å². The molecule has 2 atom stereocenters. The number of benzene rings is 1. The molecule has 1 fully saturated rings. The Morgan fingerprint density at radius 2 is 2.00 bits per heavy atom. The Balaban J connectivity index is 1.71. The third kappa shape index (κ3) is 4.72. The minimum atomic E-state index is 0.537. The van der Waals surface area contributed by atoms with Gasteiger partial charge in [0, 0.05) is 24.7 Å². The maximum atomic E-state index is 5.89. The smallest absolute Gasteiger partial charge is 0.123 e. The number of hydrogen-bond acceptors (Lipinski definition) is 3. The fourth-order valence-corrected chi connectivity index (χ4v) is 3.43. The molecule has 2 rings (SSSR count). The van der Waals surface area contributed by atoms with Crippen molar-refractivity contribution in [1.29, 1.82) is 0 Å². The second-order valence-corrected chi connectivity index (χ2v) is 6.32. The van der Waals surface area contributed by atoms with E-state index < -0.39 is 0 Å². The summed E-state index contributed by atoms with van der Waals surface area (Å²) in [5.74, 6) is 1.77. The summed E-state index contributed by atoms with van der Waals surface area (Å²) in [5.41, 5.74) is 6.82. The van der Waals surface area contributed by atoms with Crippen LogP contribution < -0.4 is 10.5 Å².